The highest BCUT2D eigenvalue weighted by Gasteiger charge is 2.18. The molecule has 0 bridgehead atoms. The largest absolute Gasteiger partial charge is 0.465 e. The SMILES string of the molecule is COC(=O)/C(=C/C(=C/[C]1[CH][CH][CH][CH]1)c1ccc(C)cc1)c1ccccc1. The van der Waals surface area contributed by atoms with Crippen LogP contribution < -0.4 is 0 Å². The van der Waals surface area contributed by atoms with Gasteiger partial charge in [-0.1, -0.05) is 66.2 Å². The Labute approximate surface area is 156 Å². The van der Waals surface area contributed by atoms with Gasteiger partial charge in [-0.15, -0.1) is 0 Å². The van der Waals surface area contributed by atoms with E-state index in [4.69, 9.17) is 4.74 Å². The van der Waals surface area contributed by atoms with Crippen LogP contribution in [0.1, 0.15) is 16.7 Å². The van der Waals surface area contributed by atoms with Crippen LogP contribution in [0.5, 0.6) is 0 Å². The average Bonchev–Trinajstić information content (AvgIpc) is 3.19. The number of hydrogen-bond acceptors (Lipinski definition) is 2. The first-order valence-electron chi connectivity index (χ1n) is 8.53. The summed E-state index contributed by atoms with van der Waals surface area (Å²) in [7, 11) is 1.41. The van der Waals surface area contributed by atoms with Gasteiger partial charge < -0.3 is 4.74 Å². The number of esters is 1. The minimum Gasteiger partial charge on any atom is -0.465 e. The van der Waals surface area contributed by atoms with Crippen LogP contribution in [0.15, 0.2) is 66.7 Å². The molecule has 2 heteroatoms. The van der Waals surface area contributed by atoms with Gasteiger partial charge in [-0.3, -0.25) is 0 Å². The van der Waals surface area contributed by atoms with Gasteiger partial charge in [0.1, 0.15) is 0 Å². The number of rotatable bonds is 5. The molecule has 129 valence electrons. The maximum atomic E-state index is 12.4. The van der Waals surface area contributed by atoms with E-state index in [9.17, 15) is 4.79 Å². The van der Waals surface area contributed by atoms with Crippen molar-refractivity contribution in [1.82, 2.24) is 0 Å². The molecule has 1 aliphatic carbocycles. The second-order valence-corrected chi connectivity index (χ2v) is 6.10. The first-order chi connectivity index (χ1) is 12.7. The lowest BCUT2D eigenvalue weighted by Gasteiger charge is -2.11. The van der Waals surface area contributed by atoms with Gasteiger partial charge >= 0.3 is 5.97 Å². The molecule has 2 aromatic rings. The molecule has 0 N–H and O–H groups in total. The third kappa shape index (κ3) is 4.51. The van der Waals surface area contributed by atoms with Crippen LogP contribution in [0, 0.1) is 38.5 Å². The number of ether oxygens (including phenoxy) is 1. The molecular formula is C24H21O2. The van der Waals surface area contributed by atoms with Gasteiger partial charge in [-0.25, -0.2) is 4.79 Å². The lowest BCUT2D eigenvalue weighted by Crippen LogP contribution is -2.04. The molecule has 2 aromatic carbocycles. The second-order valence-electron chi connectivity index (χ2n) is 6.10. The molecule has 0 spiro atoms. The van der Waals surface area contributed by atoms with E-state index in [2.05, 4.69) is 37.3 Å². The number of carbonyl (C=O) groups is 1. The Morgan fingerprint density at radius 3 is 2.15 bits per heavy atom. The number of methoxy groups -OCH3 is 1. The molecule has 0 heterocycles. The highest BCUT2D eigenvalue weighted by Crippen LogP contribution is 2.31. The van der Waals surface area contributed by atoms with E-state index in [0.717, 1.165) is 22.6 Å². The molecule has 0 atom stereocenters. The maximum absolute atomic E-state index is 12.4. The van der Waals surface area contributed by atoms with E-state index in [-0.39, 0.29) is 5.97 Å². The van der Waals surface area contributed by atoms with Gasteiger partial charge in [0.2, 0.25) is 0 Å². The van der Waals surface area contributed by atoms with Gasteiger partial charge in [0.25, 0.3) is 0 Å². The number of hydrogen-bond donors (Lipinski definition) is 0. The molecule has 0 aromatic heterocycles. The predicted molar refractivity (Wildman–Crippen MR) is 106 cm³/mol. The van der Waals surface area contributed by atoms with E-state index in [1.165, 1.54) is 12.7 Å². The summed E-state index contributed by atoms with van der Waals surface area (Å²) in [4.78, 5) is 12.4. The first kappa shape index (κ1) is 18.2. The summed E-state index contributed by atoms with van der Waals surface area (Å²) in [6.07, 6.45) is 12.1. The fraction of sp³-hybridized carbons (Fsp3) is 0.0833. The van der Waals surface area contributed by atoms with Crippen molar-refractivity contribution in [3.8, 4) is 0 Å². The maximum Gasteiger partial charge on any atom is 0.338 e. The Bertz CT molecular complexity index is 792. The fourth-order valence-electron chi connectivity index (χ4n) is 2.76. The Balaban J connectivity index is 2.07. The van der Waals surface area contributed by atoms with E-state index in [1.54, 1.807) is 0 Å². The van der Waals surface area contributed by atoms with E-state index in [1.807, 2.05) is 62.1 Å². The Kier molecular flexibility index (Phi) is 6.06. The molecule has 1 fully saturated rings. The molecule has 26 heavy (non-hydrogen) atoms. The molecule has 1 aliphatic rings. The minimum absolute atomic E-state index is 0.350. The van der Waals surface area contributed by atoms with Gasteiger partial charge in [-0.05, 0) is 55.4 Å². The number of allylic oxidation sites excluding steroid dienone is 3. The summed E-state index contributed by atoms with van der Waals surface area (Å²) in [5.41, 5.74) is 4.57. The van der Waals surface area contributed by atoms with Crippen LogP contribution in [0.25, 0.3) is 11.1 Å². The van der Waals surface area contributed by atoms with Crippen LogP contribution in [0.2, 0.25) is 0 Å². The molecular weight excluding hydrogens is 320 g/mol. The zero-order chi connectivity index (χ0) is 18.4. The molecule has 0 amide bonds. The molecule has 2 nitrogen and oxygen atoms in total. The van der Waals surface area contributed by atoms with Gasteiger partial charge in [0, 0.05) is 5.92 Å². The number of benzene rings is 2. The molecule has 1 saturated carbocycles. The van der Waals surface area contributed by atoms with Crippen LogP contribution in [0.3, 0.4) is 0 Å². The Morgan fingerprint density at radius 2 is 1.54 bits per heavy atom. The van der Waals surface area contributed by atoms with Gasteiger partial charge in [0.15, 0.2) is 0 Å². The quantitative estimate of drug-likeness (QED) is 0.433. The van der Waals surface area contributed by atoms with E-state index < -0.39 is 0 Å². The molecule has 0 saturated heterocycles. The average molecular weight is 341 g/mol. The summed E-state index contributed by atoms with van der Waals surface area (Å²) in [5, 5.41) is 0. The third-order valence-corrected chi connectivity index (χ3v) is 4.19. The van der Waals surface area contributed by atoms with Crippen molar-refractivity contribution < 1.29 is 9.53 Å². The Hall–Kier alpha value is -2.61. The molecule has 3 rings (SSSR count). The lowest BCUT2D eigenvalue weighted by atomic mass is 9.94. The van der Waals surface area contributed by atoms with Gasteiger partial charge in [-0.2, -0.15) is 0 Å². The summed E-state index contributed by atoms with van der Waals surface area (Å²) in [6.45, 7) is 2.06. The second kappa shape index (κ2) is 8.66. The number of carbonyl (C=O) groups excluding carboxylic acids is 1. The number of aryl methyl sites for hydroxylation is 1. The van der Waals surface area contributed by atoms with Crippen LogP contribution in [-0.2, 0) is 9.53 Å². The van der Waals surface area contributed by atoms with Crippen molar-refractivity contribution in [1.29, 1.82) is 0 Å². The molecule has 0 unspecified atom stereocenters. The monoisotopic (exact) mass is 341 g/mol. The van der Waals surface area contributed by atoms with Crippen molar-refractivity contribution in [3.63, 3.8) is 0 Å². The zero-order valence-corrected chi connectivity index (χ0v) is 15.0. The highest BCUT2D eigenvalue weighted by molar-refractivity contribution is 6.18. The fourth-order valence-corrected chi connectivity index (χ4v) is 2.76. The van der Waals surface area contributed by atoms with Crippen molar-refractivity contribution >= 4 is 17.1 Å². The highest BCUT2D eigenvalue weighted by atomic mass is 16.5. The summed E-state index contributed by atoms with van der Waals surface area (Å²) in [5.74, 6) is 0.742. The van der Waals surface area contributed by atoms with Crippen molar-refractivity contribution in [2.24, 2.45) is 0 Å². The lowest BCUT2D eigenvalue weighted by molar-refractivity contribution is -0.133. The topological polar surface area (TPSA) is 26.3 Å². The minimum atomic E-state index is -0.350. The van der Waals surface area contributed by atoms with Crippen LogP contribution in [0.4, 0.5) is 0 Å². The van der Waals surface area contributed by atoms with Crippen LogP contribution >= 0.6 is 0 Å². The third-order valence-electron chi connectivity index (χ3n) is 4.19. The molecule has 5 radical (unpaired) electrons. The van der Waals surface area contributed by atoms with E-state index in [0.29, 0.717) is 5.57 Å². The Morgan fingerprint density at radius 1 is 0.885 bits per heavy atom. The first-order valence-corrected chi connectivity index (χ1v) is 8.53. The summed E-state index contributed by atoms with van der Waals surface area (Å²) >= 11 is 0. The normalized spacial score (nSPS) is 15.9. The zero-order valence-electron chi connectivity index (χ0n) is 15.0. The van der Waals surface area contributed by atoms with Crippen molar-refractivity contribution in [2.45, 2.75) is 6.92 Å². The van der Waals surface area contributed by atoms with Gasteiger partial charge in [0.05, 0.1) is 12.7 Å². The smallest absolute Gasteiger partial charge is 0.338 e. The summed E-state index contributed by atoms with van der Waals surface area (Å²) in [6, 6.07) is 17.9. The standard InChI is InChI=1S/C24H21O2/c1-18-12-14-20(15-13-18)22(16-19-8-6-7-9-19)17-23(24(25)26-2)21-10-4-3-5-11-21/h3-17H,1-2H3/b22-16-,23-17+. The molecule has 0 aliphatic heterocycles. The summed E-state index contributed by atoms with van der Waals surface area (Å²) < 4.78 is 5.02. The van der Waals surface area contributed by atoms with E-state index >= 15 is 0 Å². The van der Waals surface area contributed by atoms with Crippen molar-refractivity contribution in [3.05, 3.63) is 115 Å². The predicted octanol–water partition coefficient (Wildman–Crippen LogP) is 5.04. The van der Waals surface area contributed by atoms with Crippen molar-refractivity contribution in [2.75, 3.05) is 7.11 Å². The van der Waals surface area contributed by atoms with Crippen LogP contribution in [-0.4, -0.2) is 13.1 Å².